The Kier molecular flexibility index (Phi) is 6.60. The second kappa shape index (κ2) is 8.50. The molecule has 1 aromatic carbocycles. The molecule has 1 aromatic rings. The van der Waals surface area contributed by atoms with Gasteiger partial charge >= 0.3 is 5.97 Å². The van der Waals surface area contributed by atoms with Crippen LogP contribution in [0.15, 0.2) is 24.3 Å². The molecule has 0 bridgehead atoms. The molecule has 0 atom stereocenters. The molecule has 1 N–H and O–H groups in total. The third-order valence-electron chi connectivity index (χ3n) is 4.53. The molecule has 1 amide bonds. The Balaban J connectivity index is 2.14. The van der Waals surface area contributed by atoms with Crippen LogP contribution >= 0.6 is 0 Å². The summed E-state index contributed by atoms with van der Waals surface area (Å²) < 4.78 is 30.4. The van der Waals surface area contributed by atoms with E-state index in [0.717, 1.165) is 0 Å². The van der Waals surface area contributed by atoms with Crippen molar-refractivity contribution in [1.29, 1.82) is 0 Å². The number of carboxylic acids is 1. The number of piperidine rings is 1. The first-order valence-corrected chi connectivity index (χ1v) is 10.0. The summed E-state index contributed by atoms with van der Waals surface area (Å²) in [5.74, 6) is -0.854. The van der Waals surface area contributed by atoms with Gasteiger partial charge in [0.15, 0.2) is 0 Å². The van der Waals surface area contributed by atoms with E-state index in [1.54, 1.807) is 31.2 Å². The van der Waals surface area contributed by atoms with E-state index in [2.05, 4.69) is 0 Å². The molecule has 1 saturated heterocycles. The van der Waals surface area contributed by atoms with Gasteiger partial charge in [-0.1, -0.05) is 0 Å². The van der Waals surface area contributed by atoms with Crippen molar-refractivity contribution in [2.24, 2.45) is 0 Å². The highest BCUT2D eigenvalue weighted by molar-refractivity contribution is 7.89. The summed E-state index contributed by atoms with van der Waals surface area (Å²) in [5.41, 5.74) is 0.371. The second-order valence-corrected chi connectivity index (χ2v) is 8.34. The van der Waals surface area contributed by atoms with Crippen molar-refractivity contribution in [2.75, 3.05) is 32.5 Å². The number of carbonyl (C=O) groups is 2. The third kappa shape index (κ3) is 4.73. The van der Waals surface area contributed by atoms with Crippen LogP contribution in [0, 0.1) is 0 Å². The highest BCUT2D eigenvalue weighted by atomic mass is 32.2. The standard InChI is InChI=1S/C17H24N2O6S/c1-3-26(23,24)18-10-8-14(9-11-18)19(12-16(20)21)17(22)13-4-6-15(25-2)7-5-13/h4-7,14H,3,8-12H2,1-2H3,(H,20,21). The Hall–Kier alpha value is -2.13. The summed E-state index contributed by atoms with van der Waals surface area (Å²) in [6.45, 7) is 1.74. The maximum Gasteiger partial charge on any atom is 0.323 e. The molecule has 0 aliphatic carbocycles. The first kappa shape index (κ1) is 20.2. The Morgan fingerprint density at radius 2 is 1.81 bits per heavy atom. The lowest BCUT2D eigenvalue weighted by molar-refractivity contribution is -0.138. The monoisotopic (exact) mass is 384 g/mol. The zero-order valence-corrected chi connectivity index (χ0v) is 15.7. The van der Waals surface area contributed by atoms with Gasteiger partial charge in [0.25, 0.3) is 5.91 Å². The van der Waals surface area contributed by atoms with E-state index in [1.165, 1.54) is 16.3 Å². The van der Waals surface area contributed by atoms with Gasteiger partial charge < -0.3 is 14.7 Å². The fraction of sp³-hybridized carbons (Fsp3) is 0.529. The Labute approximate surface area is 153 Å². The SMILES string of the molecule is CCS(=O)(=O)N1CCC(N(CC(=O)O)C(=O)c2ccc(OC)cc2)CC1. The van der Waals surface area contributed by atoms with Gasteiger partial charge in [0.1, 0.15) is 12.3 Å². The molecule has 0 radical (unpaired) electrons. The van der Waals surface area contributed by atoms with Crippen molar-refractivity contribution in [3.63, 3.8) is 0 Å². The Morgan fingerprint density at radius 1 is 1.23 bits per heavy atom. The molecule has 1 heterocycles. The Bertz CT molecular complexity index is 739. The summed E-state index contributed by atoms with van der Waals surface area (Å²) in [5, 5.41) is 9.19. The van der Waals surface area contributed by atoms with Crippen LogP contribution in [0.2, 0.25) is 0 Å². The van der Waals surface area contributed by atoms with E-state index in [4.69, 9.17) is 4.74 Å². The number of sulfonamides is 1. The van der Waals surface area contributed by atoms with Crippen molar-refractivity contribution >= 4 is 21.9 Å². The van der Waals surface area contributed by atoms with Gasteiger partial charge in [-0.2, -0.15) is 0 Å². The third-order valence-corrected chi connectivity index (χ3v) is 6.41. The number of methoxy groups -OCH3 is 1. The van der Waals surface area contributed by atoms with Crippen molar-refractivity contribution < 1.29 is 27.9 Å². The molecule has 1 aliphatic heterocycles. The number of hydrogen-bond donors (Lipinski definition) is 1. The number of ether oxygens (including phenoxy) is 1. The van der Waals surface area contributed by atoms with Gasteiger partial charge in [-0.25, -0.2) is 12.7 Å². The van der Waals surface area contributed by atoms with Crippen molar-refractivity contribution in [3.8, 4) is 5.75 Å². The van der Waals surface area contributed by atoms with Crippen LogP contribution in [0.5, 0.6) is 5.75 Å². The van der Waals surface area contributed by atoms with Crippen molar-refractivity contribution in [3.05, 3.63) is 29.8 Å². The second-order valence-electron chi connectivity index (χ2n) is 6.09. The van der Waals surface area contributed by atoms with Crippen LogP contribution < -0.4 is 4.74 Å². The minimum absolute atomic E-state index is 0.0291. The number of carbonyl (C=O) groups excluding carboxylic acids is 1. The zero-order valence-electron chi connectivity index (χ0n) is 14.9. The van der Waals surface area contributed by atoms with Gasteiger partial charge in [0.05, 0.1) is 12.9 Å². The number of aliphatic carboxylic acids is 1. The van der Waals surface area contributed by atoms with Gasteiger partial charge in [-0.05, 0) is 44.0 Å². The molecular formula is C17H24N2O6S. The zero-order chi connectivity index (χ0) is 19.3. The first-order chi connectivity index (χ1) is 12.3. The smallest absolute Gasteiger partial charge is 0.323 e. The Morgan fingerprint density at radius 3 is 2.27 bits per heavy atom. The molecular weight excluding hydrogens is 360 g/mol. The van der Waals surface area contributed by atoms with E-state index < -0.39 is 22.5 Å². The van der Waals surface area contributed by atoms with Crippen LogP contribution in [0.1, 0.15) is 30.1 Å². The van der Waals surface area contributed by atoms with Gasteiger partial charge in [0, 0.05) is 24.7 Å². The largest absolute Gasteiger partial charge is 0.497 e. The summed E-state index contributed by atoms with van der Waals surface area (Å²) >= 11 is 0. The molecule has 1 fully saturated rings. The lowest BCUT2D eigenvalue weighted by Gasteiger charge is -2.37. The lowest BCUT2D eigenvalue weighted by Crippen LogP contribution is -2.50. The highest BCUT2D eigenvalue weighted by Gasteiger charge is 2.33. The van der Waals surface area contributed by atoms with Crippen LogP contribution in [-0.4, -0.2) is 73.1 Å². The predicted molar refractivity (Wildman–Crippen MR) is 95.7 cm³/mol. The van der Waals surface area contributed by atoms with E-state index in [-0.39, 0.29) is 30.8 Å². The summed E-state index contributed by atoms with van der Waals surface area (Å²) in [6.07, 6.45) is 0.822. The maximum atomic E-state index is 12.8. The van der Waals surface area contributed by atoms with Crippen molar-refractivity contribution in [2.45, 2.75) is 25.8 Å². The number of rotatable bonds is 7. The average Bonchev–Trinajstić information content (AvgIpc) is 2.65. The number of nitrogens with zero attached hydrogens (tertiary/aromatic N) is 2. The van der Waals surface area contributed by atoms with Gasteiger partial charge in [-0.3, -0.25) is 9.59 Å². The van der Waals surface area contributed by atoms with Crippen LogP contribution in [-0.2, 0) is 14.8 Å². The van der Waals surface area contributed by atoms with E-state index in [9.17, 15) is 23.1 Å². The fourth-order valence-electron chi connectivity index (χ4n) is 3.03. The van der Waals surface area contributed by atoms with Crippen LogP contribution in [0.3, 0.4) is 0 Å². The molecule has 8 nitrogen and oxygen atoms in total. The first-order valence-electron chi connectivity index (χ1n) is 8.43. The van der Waals surface area contributed by atoms with Gasteiger partial charge in [-0.15, -0.1) is 0 Å². The summed E-state index contributed by atoms with van der Waals surface area (Å²) in [6, 6.07) is 6.15. The summed E-state index contributed by atoms with van der Waals surface area (Å²) in [7, 11) is -1.75. The van der Waals surface area contributed by atoms with E-state index in [1.807, 2.05) is 0 Å². The quantitative estimate of drug-likeness (QED) is 0.753. The van der Waals surface area contributed by atoms with Gasteiger partial charge in [0.2, 0.25) is 10.0 Å². The number of benzene rings is 1. The molecule has 0 saturated carbocycles. The molecule has 1 aliphatic rings. The van der Waals surface area contributed by atoms with Crippen LogP contribution in [0.25, 0.3) is 0 Å². The molecule has 2 rings (SSSR count). The molecule has 0 aromatic heterocycles. The van der Waals surface area contributed by atoms with Crippen molar-refractivity contribution in [1.82, 2.24) is 9.21 Å². The minimum Gasteiger partial charge on any atom is -0.497 e. The minimum atomic E-state index is -3.27. The lowest BCUT2D eigenvalue weighted by atomic mass is 10.0. The molecule has 9 heteroatoms. The number of carboxylic acid groups (broad SMARTS) is 1. The summed E-state index contributed by atoms with van der Waals surface area (Å²) in [4.78, 5) is 25.4. The predicted octanol–water partition coefficient (Wildman–Crippen LogP) is 1.04. The maximum absolute atomic E-state index is 12.8. The molecule has 144 valence electrons. The average molecular weight is 384 g/mol. The van der Waals surface area contributed by atoms with E-state index >= 15 is 0 Å². The van der Waals surface area contributed by atoms with Crippen LogP contribution in [0.4, 0.5) is 0 Å². The molecule has 26 heavy (non-hydrogen) atoms. The molecule has 0 spiro atoms. The topological polar surface area (TPSA) is 104 Å². The van der Waals surface area contributed by atoms with E-state index in [0.29, 0.717) is 24.2 Å². The number of amides is 1. The number of hydrogen-bond acceptors (Lipinski definition) is 5. The fourth-order valence-corrected chi connectivity index (χ4v) is 4.16. The molecule has 0 unspecified atom stereocenters. The normalized spacial score (nSPS) is 16.2. The highest BCUT2D eigenvalue weighted by Crippen LogP contribution is 2.22.